The molecule has 1 heterocycles. The Bertz CT molecular complexity index is 725. The summed E-state index contributed by atoms with van der Waals surface area (Å²) in [6.07, 6.45) is 0. The van der Waals surface area contributed by atoms with Gasteiger partial charge >= 0.3 is 0 Å². The lowest BCUT2D eigenvalue weighted by atomic mass is 10.1. The van der Waals surface area contributed by atoms with Crippen molar-refractivity contribution in [2.24, 2.45) is 0 Å². The molecule has 0 aliphatic carbocycles. The highest BCUT2D eigenvalue weighted by atomic mass is 32.1. The molecule has 23 heavy (non-hydrogen) atoms. The van der Waals surface area contributed by atoms with Crippen molar-refractivity contribution < 1.29 is 9.59 Å². The second kappa shape index (κ2) is 7.32. The molecule has 0 atom stereocenters. The quantitative estimate of drug-likeness (QED) is 0.881. The number of aromatic nitrogens is 2. The molecule has 2 amide bonds. The van der Waals surface area contributed by atoms with Crippen LogP contribution in [0.4, 0.5) is 5.13 Å². The van der Waals surface area contributed by atoms with Gasteiger partial charge in [0.1, 0.15) is 5.01 Å². The molecule has 2 rings (SSSR count). The maximum absolute atomic E-state index is 12.0. The van der Waals surface area contributed by atoms with Gasteiger partial charge in [-0.2, -0.15) is 0 Å². The van der Waals surface area contributed by atoms with Gasteiger partial charge in [0.2, 0.25) is 11.0 Å². The van der Waals surface area contributed by atoms with E-state index >= 15 is 0 Å². The van der Waals surface area contributed by atoms with E-state index < -0.39 is 0 Å². The van der Waals surface area contributed by atoms with E-state index in [4.69, 9.17) is 0 Å². The molecule has 2 aromatic rings. The second-order valence-electron chi connectivity index (χ2n) is 5.63. The first-order chi connectivity index (χ1) is 10.9. The second-order valence-corrected chi connectivity index (χ2v) is 6.64. The predicted octanol–water partition coefficient (Wildman–Crippen LogP) is 2.65. The van der Waals surface area contributed by atoms with Gasteiger partial charge in [-0.3, -0.25) is 14.9 Å². The van der Waals surface area contributed by atoms with Gasteiger partial charge in [-0.25, -0.2) is 0 Å². The first-order valence-corrected chi connectivity index (χ1v) is 8.17. The van der Waals surface area contributed by atoms with Gasteiger partial charge in [0, 0.05) is 11.5 Å². The van der Waals surface area contributed by atoms with Crippen LogP contribution in [0.15, 0.2) is 18.2 Å². The van der Waals surface area contributed by atoms with Crippen LogP contribution in [0.1, 0.15) is 46.3 Å². The molecule has 1 aromatic carbocycles. The number of hydrogen-bond acceptors (Lipinski definition) is 5. The number of carbonyl (C=O) groups excluding carboxylic acids is 2. The van der Waals surface area contributed by atoms with Gasteiger partial charge in [-0.15, -0.1) is 10.2 Å². The van der Waals surface area contributed by atoms with Crippen molar-refractivity contribution in [3.63, 3.8) is 0 Å². The van der Waals surface area contributed by atoms with Crippen molar-refractivity contribution >= 4 is 28.3 Å². The van der Waals surface area contributed by atoms with Gasteiger partial charge in [-0.1, -0.05) is 31.3 Å². The fourth-order valence-electron chi connectivity index (χ4n) is 1.83. The molecule has 1 aromatic heterocycles. The van der Waals surface area contributed by atoms with Crippen molar-refractivity contribution in [3.05, 3.63) is 39.9 Å². The first-order valence-electron chi connectivity index (χ1n) is 7.35. The Morgan fingerprint density at radius 1 is 1.17 bits per heavy atom. The highest BCUT2D eigenvalue weighted by Gasteiger charge is 2.12. The molecule has 0 radical (unpaired) electrons. The lowest BCUT2D eigenvalue weighted by Crippen LogP contribution is -2.32. The predicted molar refractivity (Wildman–Crippen MR) is 90.9 cm³/mol. The fourth-order valence-corrected chi connectivity index (χ4v) is 2.59. The third-order valence-electron chi connectivity index (χ3n) is 3.36. The number of benzene rings is 1. The highest BCUT2D eigenvalue weighted by molar-refractivity contribution is 7.15. The number of nitrogens with zero attached hydrogens (tertiary/aromatic N) is 2. The molecule has 0 aliphatic rings. The summed E-state index contributed by atoms with van der Waals surface area (Å²) in [4.78, 5) is 23.9. The van der Waals surface area contributed by atoms with E-state index in [1.807, 2.05) is 39.8 Å². The summed E-state index contributed by atoms with van der Waals surface area (Å²) in [7, 11) is 0. The van der Waals surface area contributed by atoms with Crippen molar-refractivity contribution in [2.75, 3.05) is 11.9 Å². The molecular weight excluding hydrogens is 312 g/mol. The van der Waals surface area contributed by atoms with Crippen molar-refractivity contribution in [3.8, 4) is 0 Å². The number of nitrogens with one attached hydrogen (secondary N) is 2. The van der Waals surface area contributed by atoms with Crippen LogP contribution in [0.3, 0.4) is 0 Å². The van der Waals surface area contributed by atoms with Gasteiger partial charge in [0.05, 0.1) is 6.54 Å². The Kier molecular flexibility index (Phi) is 5.44. The normalized spacial score (nSPS) is 10.7. The van der Waals surface area contributed by atoms with Crippen molar-refractivity contribution in [1.29, 1.82) is 0 Å². The van der Waals surface area contributed by atoms with Gasteiger partial charge in [0.15, 0.2) is 0 Å². The van der Waals surface area contributed by atoms with Crippen LogP contribution in [0.2, 0.25) is 0 Å². The Labute approximate surface area is 139 Å². The zero-order valence-electron chi connectivity index (χ0n) is 13.6. The zero-order valence-corrected chi connectivity index (χ0v) is 14.5. The number of anilines is 1. The minimum atomic E-state index is -0.325. The molecular formula is C16H20N4O2S. The van der Waals surface area contributed by atoms with E-state index in [9.17, 15) is 9.59 Å². The number of rotatable bonds is 5. The maximum atomic E-state index is 12.0. The molecule has 6 nitrogen and oxygen atoms in total. The van der Waals surface area contributed by atoms with E-state index in [-0.39, 0.29) is 24.3 Å². The number of hydrogen-bond donors (Lipinski definition) is 2. The topological polar surface area (TPSA) is 84.0 Å². The maximum Gasteiger partial charge on any atom is 0.251 e. The molecule has 2 N–H and O–H groups in total. The van der Waals surface area contributed by atoms with E-state index in [0.717, 1.165) is 16.1 Å². The summed E-state index contributed by atoms with van der Waals surface area (Å²) in [5.74, 6) is -0.334. The van der Waals surface area contributed by atoms with Crippen LogP contribution in [0.25, 0.3) is 0 Å². The summed E-state index contributed by atoms with van der Waals surface area (Å²) in [5.41, 5.74) is 2.70. The van der Waals surface area contributed by atoms with Crippen LogP contribution >= 0.6 is 11.3 Å². The SMILES string of the molecule is Cc1ccc(C(=O)NCC(=O)Nc2nnc(C(C)C)s2)cc1C. The summed E-state index contributed by atoms with van der Waals surface area (Å²) in [6.45, 7) is 7.84. The number of aryl methyl sites for hydroxylation is 2. The average molecular weight is 332 g/mol. The summed E-state index contributed by atoms with van der Waals surface area (Å²) >= 11 is 1.34. The van der Waals surface area contributed by atoms with Crippen LogP contribution in [-0.4, -0.2) is 28.6 Å². The Balaban J connectivity index is 1.88. The van der Waals surface area contributed by atoms with Crippen molar-refractivity contribution in [1.82, 2.24) is 15.5 Å². The Morgan fingerprint density at radius 2 is 1.91 bits per heavy atom. The third kappa shape index (κ3) is 4.59. The van der Waals surface area contributed by atoms with Crippen LogP contribution in [0, 0.1) is 13.8 Å². The monoisotopic (exact) mass is 332 g/mol. The standard InChI is InChI=1S/C16H20N4O2S/c1-9(2)15-19-20-16(23-15)18-13(21)8-17-14(22)12-6-5-10(3)11(4)7-12/h5-7,9H,8H2,1-4H3,(H,17,22)(H,18,20,21). The zero-order chi connectivity index (χ0) is 17.0. The van der Waals surface area contributed by atoms with E-state index in [1.165, 1.54) is 11.3 Å². The molecule has 0 spiro atoms. The fraction of sp³-hybridized carbons (Fsp3) is 0.375. The molecule has 0 unspecified atom stereocenters. The van der Waals surface area contributed by atoms with Crippen molar-refractivity contribution in [2.45, 2.75) is 33.6 Å². The molecule has 7 heteroatoms. The lowest BCUT2D eigenvalue weighted by Gasteiger charge is -2.07. The average Bonchev–Trinajstić information content (AvgIpc) is 2.96. The van der Waals surface area contributed by atoms with E-state index in [2.05, 4.69) is 20.8 Å². The molecule has 0 fully saturated rings. The summed E-state index contributed by atoms with van der Waals surface area (Å²) in [5, 5.41) is 14.4. The van der Waals surface area contributed by atoms with Gasteiger partial charge in [-0.05, 0) is 37.1 Å². The molecule has 122 valence electrons. The molecule has 0 saturated heterocycles. The van der Waals surface area contributed by atoms with E-state index in [0.29, 0.717) is 10.7 Å². The molecule has 0 saturated carbocycles. The first kappa shape index (κ1) is 17.1. The largest absolute Gasteiger partial charge is 0.343 e. The smallest absolute Gasteiger partial charge is 0.251 e. The van der Waals surface area contributed by atoms with Gasteiger partial charge in [0.25, 0.3) is 5.91 Å². The number of amides is 2. The number of carbonyl (C=O) groups is 2. The minimum Gasteiger partial charge on any atom is -0.343 e. The highest BCUT2D eigenvalue weighted by Crippen LogP contribution is 2.22. The lowest BCUT2D eigenvalue weighted by molar-refractivity contribution is -0.115. The van der Waals surface area contributed by atoms with Gasteiger partial charge < -0.3 is 5.32 Å². The third-order valence-corrected chi connectivity index (χ3v) is 4.50. The molecule has 0 bridgehead atoms. The van der Waals surface area contributed by atoms with Crippen LogP contribution < -0.4 is 10.6 Å². The Morgan fingerprint density at radius 3 is 2.52 bits per heavy atom. The van der Waals surface area contributed by atoms with E-state index in [1.54, 1.807) is 6.07 Å². The van der Waals surface area contributed by atoms with Crippen LogP contribution in [-0.2, 0) is 4.79 Å². The molecule has 0 aliphatic heterocycles. The van der Waals surface area contributed by atoms with Crippen LogP contribution in [0.5, 0.6) is 0 Å². The minimum absolute atomic E-state index is 0.109. The summed E-state index contributed by atoms with van der Waals surface area (Å²) in [6, 6.07) is 5.44. The summed E-state index contributed by atoms with van der Waals surface area (Å²) < 4.78 is 0. The Hall–Kier alpha value is -2.28.